The molecule has 0 radical (unpaired) electrons. The zero-order valence-corrected chi connectivity index (χ0v) is 9.81. The van der Waals surface area contributed by atoms with Crippen LogP contribution < -0.4 is 5.06 Å². The molecular formula is C10H11N5O3. The van der Waals surface area contributed by atoms with Crippen LogP contribution >= 0.6 is 0 Å². The zero-order chi connectivity index (χ0) is 13.1. The third kappa shape index (κ3) is 2.28. The standard InChI is InChI=1S/C10H11N5O3/c1-14-12-9(11-13-14)7-4-3-5-8(6-7)15(17)10(16)18-2/h3-6,17H,1-2H3. The van der Waals surface area contributed by atoms with Gasteiger partial charge in [-0.2, -0.15) is 9.86 Å². The summed E-state index contributed by atoms with van der Waals surface area (Å²) in [6.45, 7) is 0. The van der Waals surface area contributed by atoms with Gasteiger partial charge in [-0.3, -0.25) is 5.21 Å². The van der Waals surface area contributed by atoms with Crippen LogP contribution in [0.2, 0.25) is 0 Å². The molecule has 0 aliphatic rings. The molecule has 0 fully saturated rings. The molecule has 2 aromatic rings. The number of methoxy groups -OCH3 is 1. The highest BCUT2D eigenvalue weighted by molar-refractivity contribution is 5.85. The average molecular weight is 249 g/mol. The number of benzene rings is 1. The summed E-state index contributed by atoms with van der Waals surface area (Å²) in [7, 11) is 2.83. The SMILES string of the molecule is COC(=O)N(O)c1cccc(-c2nnn(C)n2)c1. The van der Waals surface area contributed by atoms with Crippen LogP contribution in [0.5, 0.6) is 0 Å². The van der Waals surface area contributed by atoms with E-state index < -0.39 is 6.09 Å². The number of hydrogen-bond donors (Lipinski definition) is 1. The summed E-state index contributed by atoms with van der Waals surface area (Å²) >= 11 is 0. The molecule has 1 heterocycles. The molecule has 8 nitrogen and oxygen atoms in total. The topological polar surface area (TPSA) is 93.4 Å². The lowest BCUT2D eigenvalue weighted by Gasteiger charge is -2.13. The summed E-state index contributed by atoms with van der Waals surface area (Å²) in [5.41, 5.74) is 0.885. The van der Waals surface area contributed by atoms with E-state index >= 15 is 0 Å². The highest BCUT2D eigenvalue weighted by Crippen LogP contribution is 2.21. The van der Waals surface area contributed by atoms with Crippen LogP contribution in [-0.2, 0) is 11.8 Å². The smallest absolute Gasteiger partial charge is 0.438 e. The van der Waals surface area contributed by atoms with E-state index in [0.717, 1.165) is 0 Å². The van der Waals surface area contributed by atoms with Gasteiger partial charge >= 0.3 is 6.09 Å². The molecule has 0 aliphatic heterocycles. The number of rotatable bonds is 2. The first-order chi connectivity index (χ1) is 8.61. The number of carbonyl (C=O) groups excluding carboxylic acids is 1. The highest BCUT2D eigenvalue weighted by atomic mass is 16.6. The van der Waals surface area contributed by atoms with Gasteiger partial charge in [0.25, 0.3) is 0 Å². The fourth-order valence-corrected chi connectivity index (χ4v) is 1.37. The minimum atomic E-state index is -0.876. The van der Waals surface area contributed by atoms with Crippen molar-refractivity contribution in [2.24, 2.45) is 7.05 Å². The fraction of sp³-hybridized carbons (Fsp3) is 0.200. The minimum Gasteiger partial charge on any atom is -0.451 e. The van der Waals surface area contributed by atoms with E-state index in [1.807, 2.05) is 0 Å². The molecule has 1 amide bonds. The number of tetrazole rings is 1. The van der Waals surface area contributed by atoms with Gasteiger partial charge in [0, 0.05) is 5.56 Å². The molecule has 18 heavy (non-hydrogen) atoms. The number of hydrogen-bond acceptors (Lipinski definition) is 6. The molecule has 0 saturated heterocycles. The molecule has 94 valence electrons. The van der Waals surface area contributed by atoms with Gasteiger partial charge in [-0.15, -0.1) is 10.2 Å². The number of hydroxylamine groups is 1. The highest BCUT2D eigenvalue weighted by Gasteiger charge is 2.14. The Hall–Kier alpha value is -2.48. The van der Waals surface area contributed by atoms with Crippen molar-refractivity contribution >= 4 is 11.8 Å². The maximum absolute atomic E-state index is 11.2. The van der Waals surface area contributed by atoms with Crippen molar-refractivity contribution < 1.29 is 14.7 Å². The number of aryl methyl sites for hydroxylation is 1. The molecule has 0 aliphatic carbocycles. The number of aromatic nitrogens is 4. The number of ether oxygens (including phenoxy) is 1. The molecule has 0 spiro atoms. The molecule has 2 rings (SSSR count). The van der Waals surface area contributed by atoms with E-state index in [1.165, 1.54) is 11.9 Å². The number of nitrogens with zero attached hydrogens (tertiary/aromatic N) is 5. The van der Waals surface area contributed by atoms with Gasteiger partial charge in [-0.1, -0.05) is 12.1 Å². The fourth-order valence-electron chi connectivity index (χ4n) is 1.37. The van der Waals surface area contributed by atoms with Crippen LogP contribution in [-0.4, -0.2) is 38.6 Å². The Morgan fingerprint density at radius 1 is 1.50 bits per heavy atom. The van der Waals surface area contributed by atoms with Crippen molar-refractivity contribution in [3.63, 3.8) is 0 Å². The van der Waals surface area contributed by atoms with E-state index in [2.05, 4.69) is 20.1 Å². The molecule has 1 aromatic carbocycles. The maximum atomic E-state index is 11.2. The summed E-state index contributed by atoms with van der Waals surface area (Å²) < 4.78 is 4.41. The van der Waals surface area contributed by atoms with Crippen molar-refractivity contribution in [3.8, 4) is 11.4 Å². The monoisotopic (exact) mass is 249 g/mol. The largest absolute Gasteiger partial charge is 0.451 e. The van der Waals surface area contributed by atoms with E-state index in [1.54, 1.807) is 31.3 Å². The minimum absolute atomic E-state index is 0.256. The quantitative estimate of drug-likeness (QED) is 0.626. The van der Waals surface area contributed by atoms with Crippen LogP contribution in [0.1, 0.15) is 0 Å². The molecular weight excluding hydrogens is 238 g/mol. The van der Waals surface area contributed by atoms with Gasteiger partial charge in [0.2, 0.25) is 5.82 Å². The van der Waals surface area contributed by atoms with Crippen LogP contribution in [0, 0.1) is 0 Å². The van der Waals surface area contributed by atoms with Crippen LogP contribution in [0.4, 0.5) is 10.5 Å². The maximum Gasteiger partial charge on any atom is 0.438 e. The Kier molecular flexibility index (Phi) is 3.20. The molecule has 0 bridgehead atoms. The third-order valence-electron chi connectivity index (χ3n) is 2.20. The first kappa shape index (κ1) is 12.0. The summed E-state index contributed by atoms with van der Waals surface area (Å²) in [6.07, 6.45) is -0.876. The number of anilines is 1. The molecule has 1 N–H and O–H groups in total. The Balaban J connectivity index is 2.33. The van der Waals surface area contributed by atoms with Gasteiger partial charge in [-0.25, -0.2) is 4.79 Å². The molecule has 1 aromatic heterocycles. The number of amides is 1. The Bertz CT molecular complexity index is 568. The van der Waals surface area contributed by atoms with E-state index in [-0.39, 0.29) is 5.69 Å². The predicted molar refractivity (Wildman–Crippen MR) is 60.9 cm³/mol. The molecule has 0 atom stereocenters. The van der Waals surface area contributed by atoms with Crippen LogP contribution in [0.25, 0.3) is 11.4 Å². The van der Waals surface area contributed by atoms with Crippen molar-refractivity contribution in [3.05, 3.63) is 24.3 Å². The van der Waals surface area contributed by atoms with Gasteiger partial charge in [0.15, 0.2) is 0 Å². The van der Waals surface area contributed by atoms with Gasteiger partial charge < -0.3 is 4.74 Å². The average Bonchev–Trinajstić information content (AvgIpc) is 2.84. The Morgan fingerprint density at radius 3 is 2.89 bits per heavy atom. The summed E-state index contributed by atoms with van der Waals surface area (Å²) in [6, 6.07) is 6.50. The molecule has 0 unspecified atom stereocenters. The lowest BCUT2D eigenvalue weighted by Crippen LogP contribution is -2.26. The summed E-state index contributed by atoms with van der Waals surface area (Å²) in [5.74, 6) is 0.401. The Labute approximate surface area is 102 Å². The van der Waals surface area contributed by atoms with E-state index in [0.29, 0.717) is 16.5 Å². The van der Waals surface area contributed by atoms with Crippen molar-refractivity contribution in [2.75, 3.05) is 12.2 Å². The summed E-state index contributed by atoms with van der Waals surface area (Å²) in [5, 5.41) is 21.5. The normalized spacial score (nSPS) is 10.2. The second-order valence-corrected chi connectivity index (χ2v) is 3.43. The third-order valence-corrected chi connectivity index (χ3v) is 2.20. The van der Waals surface area contributed by atoms with Crippen LogP contribution in [0.3, 0.4) is 0 Å². The zero-order valence-electron chi connectivity index (χ0n) is 9.81. The van der Waals surface area contributed by atoms with E-state index in [9.17, 15) is 10.0 Å². The predicted octanol–water partition coefficient (Wildman–Crippen LogP) is 0.839. The summed E-state index contributed by atoms with van der Waals surface area (Å²) in [4.78, 5) is 12.5. The van der Waals surface area contributed by atoms with Crippen molar-refractivity contribution in [2.45, 2.75) is 0 Å². The number of carbonyl (C=O) groups is 1. The Morgan fingerprint density at radius 2 is 2.28 bits per heavy atom. The lowest BCUT2D eigenvalue weighted by atomic mass is 10.2. The second-order valence-electron chi connectivity index (χ2n) is 3.43. The lowest BCUT2D eigenvalue weighted by molar-refractivity contribution is 0.141. The van der Waals surface area contributed by atoms with E-state index in [4.69, 9.17) is 0 Å². The molecule has 0 saturated carbocycles. The molecule has 8 heteroatoms. The van der Waals surface area contributed by atoms with Gasteiger partial charge in [0.05, 0.1) is 19.8 Å². The van der Waals surface area contributed by atoms with Crippen molar-refractivity contribution in [1.82, 2.24) is 20.2 Å². The second kappa shape index (κ2) is 4.80. The van der Waals surface area contributed by atoms with Crippen molar-refractivity contribution in [1.29, 1.82) is 0 Å². The van der Waals surface area contributed by atoms with Crippen LogP contribution in [0.15, 0.2) is 24.3 Å². The van der Waals surface area contributed by atoms with Gasteiger partial charge in [-0.05, 0) is 17.3 Å². The first-order valence-electron chi connectivity index (χ1n) is 5.03. The first-order valence-corrected chi connectivity index (χ1v) is 5.03. The van der Waals surface area contributed by atoms with Gasteiger partial charge in [0.1, 0.15) is 0 Å².